The Kier molecular flexibility index (Phi) is 6.10. The van der Waals surface area contributed by atoms with Crippen LogP contribution < -0.4 is 16.2 Å². The van der Waals surface area contributed by atoms with Crippen LogP contribution in [0.15, 0.2) is 59.5 Å². The Labute approximate surface area is 174 Å². The van der Waals surface area contributed by atoms with Crippen LogP contribution in [0.5, 0.6) is 0 Å². The van der Waals surface area contributed by atoms with Gasteiger partial charge in [-0.25, -0.2) is 0 Å². The number of halogens is 2. The molecular formula is C18H13Cl2N5O4. The number of rotatable bonds is 6. The predicted molar refractivity (Wildman–Crippen MR) is 110 cm³/mol. The molecule has 0 spiro atoms. The molecule has 1 heterocycles. The maximum absolute atomic E-state index is 12.5. The molecule has 0 saturated carbocycles. The molecule has 0 bridgehead atoms. The molecule has 2 aromatic carbocycles. The number of amides is 1. The van der Waals surface area contributed by atoms with Crippen LogP contribution in [0, 0.1) is 10.1 Å². The minimum Gasteiger partial charge on any atom is -0.373 e. The molecule has 0 fully saturated rings. The average Bonchev–Trinajstić information content (AvgIpc) is 2.71. The van der Waals surface area contributed by atoms with Crippen LogP contribution in [-0.4, -0.2) is 27.2 Å². The van der Waals surface area contributed by atoms with Gasteiger partial charge in [0.1, 0.15) is 5.02 Å². The molecule has 1 aromatic heterocycles. The fourth-order valence-corrected chi connectivity index (χ4v) is 2.69. The van der Waals surface area contributed by atoms with Crippen LogP contribution in [-0.2, 0) is 4.79 Å². The second-order valence-corrected chi connectivity index (χ2v) is 6.59. The number of carbonyl (C=O) groups excluding carboxylic acids is 1. The van der Waals surface area contributed by atoms with Crippen LogP contribution in [0.25, 0.3) is 5.69 Å². The highest BCUT2D eigenvalue weighted by Gasteiger charge is 2.13. The van der Waals surface area contributed by atoms with Crippen molar-refractivity contribution < 1.29 is 9.72 Å². The monoisotopic (exact) mass is 433 g/mol. The van der Waals surface area contributed by atoms with Gasteiger partial charge < -0.3 is 10.6 Å². The first-order valence-corrected chi connectivity index (χ1v) is 8.92. The summed E-state index contributed by atoms with van der Waals surface area (Å²) in [6, 6.07) is 11.9. The number of hydrogen-bond acceptors (Lipinski definition) is 6. The lowest BCUT2D eigenvalue weighted by atomic mass is 10.3. The van der Waals surface area contributed by atoms with Gasteiger partial charge in [-0.1, -0.05) is 23.2 Å². The number of benzene rings is 2. The number of hydrogen-bond donors (Lipinski definition) is 2. The topological polar surface area (TPSA) is 119 Å². The highest BCUT2D eigenvalue weighted by atomic mass is 35.5. The first kappa shape index (κ1) is 20.3. The van der Waals surface area contributed by atoms with Gasteiger partial charge in [0.15, 0.2) is 0 Å². The van der Waals surface area contributed by atoms with Gasteiger partial charge in [-0.15, -0.1) is 0 Å². The summed E-state index contributed by atoms with van der Waals surface area (Å²) >= 11 is 11.9. The molecule has 11 heteroatoms. The van der Waals surface area contributed by atoms with E-state index in [0.717, 1.165) is 4.68 Å². The third kappa shape index (κ3) is 4.89. The normalized spacial score (nSPS) is 10.4. The molecule has 0 unspecified atom stereocenters. The van der Waals surface area contributed by atoms with Crippen LogP contribution in [0.4, 0.5) is 17.1 Å². The van der Waals surface area contributed by atoms with E-state index in [-0.39, 0.29) is 28.8 Å². The van der Waals surface area contributed by atoms with E-state index in [1.165, 1.54) is 30.5 Å². The Morgan fingerprint density at radius 1 is 1.10 bits per heavy atom. The molecule has 29 heavy (non-hydrogen) atoms. The van der Waals surface area contributed by atoms with Crippen molar-refractivity contribution in [3.63, 3.8) is 0 Å². The summed E-state index contributed by atoms with van der Waals surface area (Å²) in [6.45, 7) is -0.148. The summed E-state index contributed by atoms with van der Waals surface area (Å²) in [4.78, 5) is 34.7. The Morgan fingerprint density at radius 3 is 2.38 bits per heavy atom. The van der Waals surface area contributed by atoms with Gasteiger partial charge in [0, 0.05) is 22.8 Å². The molecule has 0 atom stereocenters. The van der Waals surface area contributed by atoms with Crippen LogP contribution in [0.1, 0.15) is 0 Å². The average molecular weight is 434 g/mol. The second kappa shape index (κ2) is 8.72. The Morgan fingerprint density at radius 2 is 1.76 bits per heavy atom. The molecule has 0 saturated heterocycles. The van der Waals surface area contributed by atoms with Crippen molar-refractivity contribution in [3.8, 4) is 5.69 Å². The van der Waals surface area contributed by atoms with Gasteiger partial charge in [-0.2, -0.15) is 9.78 Å². The quantitative estimate of drug-likeness (QED) is 0.453. The SMILES string of the molecule is O=C(CNc1cnn(-c2ccc([N+](=O)[O-])cc2)c(=O)c1Cl)Nc1ccc(Cl)cc1. The highest BCUT2D eigenvalue weighted by Crippen LogP contribution is 2.18. The zero-order valence-corrected chi connectivity index (χ0v) is 16.1. The van der Waals surface area contributed by atoms with Gasteiger partial charge in [-0.05, 0) is 36.4 Å². The lowest BCUT2D eigenvalue weighted by molar-refractivity contribution is -0.384. The highest BCUT2D eigenvalue weighted by molar-refractivity contribution is 6.33. The summed E-state index contributed by atoms with van der Waals surface area (Å²) in [5.41, 5.74) is 0.316. The van der Waals surface area contributed by atoms with E-state index in [2.05, 4.69) is 15.7 Å². The van der Waals surface area contributed by atoms with E-state index >= 15 is 0 Å². The van der Waals surface area contributed by atoms with Crippen molar-refractivity contribution in [1.29, 1.82) is 0 Å². The van der Waals surface area contributed by atoms with E-state index < -0.39 is 10.5 Å². The largest absolute Gasteiger partial charge is 0.373 e. The molecule has 0 radical (unpaired) electrons. The molecule has 0 aliphatic rings. The van der Waals surface area contributed by atoms with Crippen LogP contribution >= 0.6 is 23.2 Å². The van der Waals surface area contributed by atoms with Gasteiger partial charge in [0.05, 0.1) is 29.0 Å². The van der Waals surface area contributed by atoms with E-state index in [9.17, 15) is 19.7 Å². The number of nitro groups is 1. The number of anilines is 2. The Bertz CT molecular complexity index is 1110. The number of non-ortho nitro benzene ring substituents is 1. The Hall–Kier alpha value is -3.43. The molecule has 9 nitrogen and oxygen atoms in total. The third-order valence-electron chi connectivity index (χ3n) is 3.79. The second-order valence-electron chi connectivity index (χ2n) is 5.77. The summed E-state index contributed by atoms with van der Waals surface area (Å²) < 4.78 is 1.00. The summed E-state index contributed by atoms with van der Waals surface area (Å²) in [5.74, 6) is -0.358. The standard InChI is InChI=1S/C18H13Cl2N5O4/c19-11-1-3-12(4-2-11)23-16(26)10-21-15-9-22-24(18(27)17(15)20)13-5-7-14(8-6-13)25(28)29/h1-9,21H,10H2,(H,23,26). The zero-order chi connectivity index (χ0) is 21.0. The smallest absolute Gasteiger partial charge is 0.292 e. The van der Waals surface area contributed by atoms with Gasteiger partial charge in [0.2, 0.25) is 5.91 Å². The molecule has 3 aromatic rings. The molecular weight excluding hydrogens is 421 g/mol. The number of nitrogens with one attached hydrogen (secondary N) is 2. The van der Waals surface area contributed by atoms with Gasteiger partial charge in [-0.3, -0.25) is 19.7 Å². The number of nitrogens with zero attached hydrogens (tertiary/aromatic N) is 3. The van der Waals surface area contributed by atoms with Crippen molar-refractivity contribution >= 4 is 46.2 Å². The first-order valence-electron chi connectivity index (χ1n) is 8.17. The summed E-state index contributed by atoms with van der Waals surface area (Å²) in [6.07, 6.45) is 1.29. The van der Waals surface area contributed by atoms with Crippen molar-refractivity contribution in [2.75, 3.05) is 17.2 Å². The maximum atomic E-state index is 12.5. The molecule has 1 amide bonds. The van der Waals surface area contributed by atoms with Crippen LogP contribution in [0.3, 0.4) is 0 Å². The number of nitro benzene ring substituents is 1. The molecule has 3 rings (SSSR count). The van der Waals surface area contributed by atoms with E-state index in [4.69, 9.17) is 23.2 Å². The summed E-state index contributed by atoms with van der Waals surface area (Å²) in [7, 11) is 0. The van der Waals surface area contributed by atoms with Crippen LogP contribution in [0.2, 0.25) is 10.0 Å². The third-order valence-corrected chi connectivity index (χ3v) is 4.41. The van der Waals surface area contributed by atoms with E-state index in [1.54, 1.807) is 24.3 Å². The minimum atomic E-state index is -0.636. The molecule has 148 valence electrons. The fourth-order valence-electron chi connectivity index (χ4n) is 2.37. The minimum absolute atomic E-state index is 0.113. The maximum Gasteiger partial charge on any atom is 0.292 e. The number of carbonyl (C=O) groups is 1. The lowest BCUT2D eigenvalue weighted by Gasteiger charge is -2.11. The van der Waals surface area contributed by atoms with E-state index in [1.807, 2.05) is 0 Å². The fraction of sp³-hybridized carbons (Fsp3) is 0.0556. The van der Waals surface area contributed by atoms with Crippen molar-refractivity contribution in [3.05, 3.63) is 85.2 Å². The zero-order valence-electron chi connectivity index (χ0n) is 14.6. The predicted octanol–water partition coefficient (Wildman–Crippen LogP) is 3.50. The molecule has 2 N–H and O–H groups in total. The van der Waals surface area contributed by atoms with Gasteiger partial charge >= 0.3 is 0 Å². The number of aromatic nitrogens is 2. The first-order chi connectivity index (χ1) is 13.8. The van der Waals surface area contributed by atoms with E-state index in [0.29, 0.717) is 16.4 Å². The van der Waals surface area contributed by atoms with Crippen molar-refractivity contribution in [1.82, 2.24) is 9.78 Å². The summed E-state index contributed by atoms with van der Waals surface area (Å²) in [5, 5.41) is 20.5. The van der Waals surface area contributed by atoms with Gasteiger partial charge in [0.25, 0.3) is 11.2 Å². The lowest BCUT2D eigenvalue weighted by Crippen LogP contribution is -2.25. The molecule has 0 aliphatic carbocycles. The van der Waals surface area contributed by atoms with Crippen molar-refractivity contribution in [2.24, 2.45) is 0 Å². The molecule has 0 aliphatic heterocycles. The van der Waals surface area contributed by atoms with Crippen molar-refractivity contribution in [2.45, 2.75) is 0 Å². The Balaban J connectivity index is 1.70.